The maximum Gasteiger partial charge on any atom is 0.246 e. The molecule has 1 aromatic carbocycles. The monoisotopic (exact) mass is 291 g/mol. The Morgan fingerprint density at radius 2 is 2.19 bits per heavy atom. The number of rotatable bonds is 4. The Bertz CT molecular complexity index is 660. The number of hydrogen-bond donors (Lipinski definition) is 2. The van der Waals surface area contributed by atoms with Gasteiger partial charge in [0.2, 0.25) is 5.91 Å². The van der Waals surface area contributed by atoms with Crippen LogP contribution in [0.2, 0.25) is 0 Å². The molecular weight excluding hydrogens is 273 g/mol. The van der Waals surface area contributed by atoms with E-state index in [9.17, 15) is 9.18 Å². The lowest BCUT2D eigenvalue weighted by Crippen LogP contribution is -2.29. The van der Waals surface area contributed by atoms with Crippen molar-refractivity contribution < 1.29 is 9.18 Å². The van der Waals surface area contributed by atoms with Crippen molar-refractivity contribution in [3.63, 3.8) is 0 Å². The van der Waals surface area contributed by atoms with Crippen LogP contribution in [0.1, 0.15) is 25.1 Å². The maximum absolute atomic E-state index is 13.2. The summed E-state index contributed by atoms with van der Waals surface area (Å²) in [4.78, 5) is 12.0. The predicted molar refractivity (Wildman–Crippen MR) is 77.0 cm³/mol. The SMILES string of the molecule is Cc1ccc(F)cc1NC(=O)Cn1cc(C(C)(C)N)nn1. The standard InChI is InChI=1S/C14H18FN5O/c1-9-4-5-10(15)6-11(9)17-13(21)8-20-7-12(18-19-20)14(2,3)16/h4-7H,8,16H2,1-3H3,(H,17,21). The predicted octanol–water partition coefficient (Wildman–Crippen LogP) is 1.56. The van der Waals surface area contributed by atoms with E-state index in [2.05, 4.69) is 15.6 Å². The Balaban J connectivity index is 2.05. The minimum Gasteiger partial charge on any atom is -0.324 e. The van der Waals surface area contributed by atoms with Gasteiger partial charge in [0.1, 0.15) is 18.1 Å². The molecule has 7 heteroatoms. The van der Waals surface area contributed by atoms with Gasteiger partial charge >= 0.3 is 0 Å². The van der Waals surface area contributed by atoms with Crippen LogP contribution < -0.4 is 11.1 Å². The van der Waals surface area contributed by atoms with Gasteiger partial charge in [-0.3, -0.25) is 4.79 Å². The molecule has 0 spiro atoms. The molecule has 0 aliphatic carbocycles. The number of anilines is 1. The molecule has 112 valence electrons. The fourth-order valence-electron chi connectivity index (χ4n) is 1.74. The molecule has 0 unspecified atom stereocenters. The van der Waals surface area contributed by atoms with Crippen LogP contribution in [0.15, 0.2) is 24.4 Å². The topological polar surface area (TPSA) is 85.8 Å². The van der Waals surface area contributed by atoms with Crippen molar-refractivity contribution in [2.45, 2.75) is 32.9 Å². The van der Waals surface area contributed by atoms with Crippen LogP contribution in [0.4, 0.5) is 10.1 Å². The normalized spacial score (nSPS) is 11.5. The Morgan fingerprint density at radius 3 is 2.81 bits per heavy atom. The van der Waals surface area contributed by atoms with Crippen LogP contribution in [0, 0.1) is 12.7 Å². The lowest BCUT2D eigenvalue weighted by atomic mass is 10.0. The van der Waals surface area contributed by atoms with Crippen LogP contribution in [0.3, 0.4) is 0 Å². The molecule has 0 bridgehead atoms. The first-order chi connectivity index (χ1) is 9.75. The first-order valence-electron chi connectivity index (χ1n) is 6.51. The number of nitrogens with two attached hydrogens (primary N) is 1. The van der Waals surface area contributed by atoms with E-state index in [-0.39, 0.29) is 12.5 Å². The van der Waals surface area contributed by atoms with Gasteiger partial charge in [-0.2, -0.15) is 0 Å². The van der Waals surface area contributed by atoms with Crippen LogP contribution in [-0.4, -0.2) is 20.9 Å². The van der Waals surface area contributed by atoms with Crippen LogP contribution in [0.5, 0.6) is 0 Å². The number of benzene rings is 1. The summed E-state index contributed by atoms with van der Waals surface area (Å²) in [6.07, 6.45) is 1.62. The molecule has 1 heterocycles. The third-order valence-corrected chi connectivity index (χ3v) is 2.98. The highest BCUT2D eigenvalue weighted by Crippen LogP contribution is 2.16. The van der Waals surface area contributed by atoms with Crippen LogP contribution in [0.25, 0.3) is 0 Å². The van der Waals surface area contributed by atoms with Crippen molar-refractivity contribution in [2.24, 2.45) is 5.73 Å². The summed E-state index contributed by atoms with van der Waals surface area (Å²) in [5.74, 6) is -0.709. The zero-order valence-corrected chi connectivity index (χ0v) is 12.2. The van der Waals surface area contributed by atoms with Crippen molar-refractivity contribution in [3.05, 3.63) is 41.5 Å². The van der Waals surface area contributed by atoms with Gasteiger partial charge in [-0.15, -0.1) is 5.10 Å². The summed E-state index contributed by atoms with van der Waals surface area (Å²) < 4.78 is 14.6. The molecule has 2 rings (SSSR count). The Morgan fingerprint density at radius 1 is 1.48 bits per heavy atom. The highest BCUT2D eigenvalue weighted by atomic mass is 19.1. The van der Waals surface area contributed by atoms with E-state index >= 15 is 0 Å². The number of aryl methyl sites for hydroxylation is 1. The molecule has 0 radical (unpaired) electrons. The van der Waals surface area contributed by atoms with Crippen molar-refractivity contribution >= 4 is 11.6 Å². The first-order valence-corrected chi connectivity index (χ1v) is 6.51. The molecule has 2 aromatic rings. The molecule has 0 aliphatic heterocycles. The maximum atomic E-state index is 13.2. The molecule has 0 aliphatic rings. The quantitative estimate of drug-likeness (QED) is 0.895. The zero-order chi connectivity index (χ0) is 15.6. The number of hydrogen-bond acceptors (Lipinski definition) is 4. The summed E-state index contributed by atoms with van der Waals surface area (Å²) in [5.41, 5.74) is 7.11. The number of carbonyl (C=O) groups excluding carboxylic acids is 1. The Labute approximate surface area is 122 Å². The van der Waals surface area contributed by atoms with Gasteiger partial charge in [0, 0.05) is 5.69 Å². The molecule has 21 heavy (non-hydrogen) atoms. The van der Waals surface area contributed by atoms with Gasteiger partial charge < -0.3 is 11.1 Å². The molecule has 6 nitrogen and oxygen atoms in total. The van der Waals surface area contributed by atoms with E-state index in [1.54, 1.807) is 33.0 Å². The second kappa shape index (κ2) is 5.61. The van der Waals surface area contributed by atoms with Gasteiger partial charge in [-0.1, -0.05) is 11.3 Å². The average Bonchev–Trinajstić information content (AvgIpc) is 2.82. The van der Waals surface area contributed by atoms with Gasteiger partial charge in [0.15, 0.2) is 0 Å². The third-order valence-electron chi connectivity index (χ3n) is 2.98. The van der Waals surface area contributed by atoms with Gasteiger partial charge in [-0.05, 0) is 38.5 Å². The third kappa shape index (κ3) is 3.85. The van der Waals surface area contributed by atoms with E-state index in [0.717, 1.165) is 5.56 Å². The van der Waals surface area contributed by atoms with Crippen LogP contribution in [-0.2, 0) is 16.9 Å². The number of aromatic nitrogens is 3. The Kier molecular flexibility index (Phi) is 4.04. The average molecular weight is 291 g/mol. The summed E-state index contributed by atoms with van der Waals surface area (Å²) in [6, 6.07) is 4.23. The fourth-order valence-corrected chi connectivity index (χ4v) is 1.74. The second-order valence-corrected chi connectivity index (χ2v) is 5.53. The molecule has 1 aromatic heterocycles. The van der Waals surface area contributed by atoms with Crippen molar-refractivity contribution in [3.8, 4) is 0 Å². The second-order valence-electron chi connectivity index (χ2n) is 5.53. The molecule has 0 fully saturated rings. The number of halogens is 1. The number of amides is 1. The lowest BCUT2D eigenvalue weighted by molar-refractivity contribution is -0.116. The summed E-state index contributed by atoms with van der Waals surface area (Å²) in [6.45, 7) is 5.38. The molecule has 1 amide bonds. The highest BCUT2D eigenvalue weighted by molar-refractivity contribution is 5.91. The Hall–Kier alpha value is -2.28. The minimum atomic E-state index is -0.617. The van der Waals surface area contributed by atoms with Gasteiger partial charge in [0.05, 0.1) is 11.7 Å². The number of nitrogens with zero attached hydrogens (tertiary/aromatic N) is 3. The van der Waals surface area contributed by atoms with Crippen molar-refractivity contribution in [2.75, 3.05) is 5.32 Å². The first kappa shape index (κ1) is 15.1. The fraction of sp³-hybridized carbons (Fsp3) is 0.357. The van der Waals surface area contributed by atoms with Gasteiger partial charge in [-0.25, -0.2) is 9.07 Å². The van der Waals surface area contributed by atoms with E-state index < -0.39 is 11.4 Å². The van der Waals surface area contributed by atoms with E-state index in [4.69, 9.17) is 5.73 Å². The molecule has 0 saturated carbocycles. The molecular formula is C14H18FN5O. The number of nitrogens with one attached hydrogen (secondary N) is 1. The summed E-state index contributed by atoms with van der Waals surface area (Å²) in [5, 5.41) is 10.4. The lowest BCUT2D eigenvalue weighted by Gasteiger charge is -2.13. The van der Waals surface area contributed by atoms with E-state index in [1.165, 1.54) is 16.8 Å². The van der Waals surface area contributed by atoms with Gasteiger partial charge in [0.25, 0.3) is 0 Å². The summed E-state index contributed by atoms with van der Waals surface area (Å²) in [7, 11) is 0. The van der Waals surface area contributed by atoms with Crippen molar-refractivity contribution in [1.29, 1.82) is 0 Å². The van der Waals surface area contributed by atoms with E-state index in [0.29, 0.717) is 11.4 Å². The van der Waals surface area contributed by atoms with E-state index in [1.807, 2.05) is 0 Å². The number of carbonyl (C=O) groups is 1. The summed E-state index contributed by atoms with van der Waals surface area (Å²) >= 11 is 0. The largest absolute Gasteiger partial charge is 0.324 e. The molecule has 3 N–H and O–H groups in total. The minimum absolute atomic E-state index is 0.0148. The molecule has 0 atom stereocenters. The van der Waals surface area contributed by atoms with Crippen molar-refractivity contribution in [1.82, 2.24) is 15.0 Å². The zero-order valence-electron chi connectivity index (χ0n) is 12.2. The smallest absolute Gasteiger partial charge is 0.246 e. The molecule has 0 saturated heterocycles. The van der Waals surface area contributed by atoms with Crippen LogP contribution >= 0.6 is 0 Å². The highest BCUT2D eigenvalue weighted by Gasteiger charge is 2.19.